The van der Waals surface area contributed by atoms with Crippen LogP contribution in [0.1, 0.15) is 46.5 Å². The van der Waals surface area contributed by atoms with Gasteiger partial charge in [-0.3, -0.25) is 4.79 Å². The fourth-order valence-corrected chi connectivity index (χ4v) is 5.47. The Morgan fingerprint density at radius 3 is 2.76 bits per heavy atom. The SMILES string of the molecule is CC1CSC(C(C)NC(=O)C2CC3CCCC(C)C3N2)N1. The molecule has 0 bridgehead atoms. The topological polar surface area (TPSA) is 53.2 Å². The smallest absolute Gasteiger partial charge is 0.237 e. The van der Waals surface area contributed by atoms with Crippen LogP contribution in [-0.4, -0.2) is 41.2 Å². The van der Waals surface area contributed by atoms with Crippen LogP contribution in [-0.2, 0) is 4.79 Å². The molecule has 7 unspecified atom stereocenters. The van der Waals surface area contributed by atoms with Gasteiger partial charge in [-0.2, -0.15) is 0 Å². The lowest BCUT2D eigenvalue weighted by molar-refractivity contribution is -0.123. The maximum absolute atomic E-state index is 12.5. The summed E-state index contributed by atoms with van der Waals surface area (Å²) in [5.41, 5.74) is 0. The largest absolute Gasteiger partial charge is 0.350 e. The standard InChI is InChI=1S/C16H29N3OS/c1-9-5-4-6-12-7-13(19-14(9)12)15(20)18-11(3)16-17-10(2)8-21-16/h9-14,16-17,19H,4-8H2,1-3H3,(H,18,20). The molecule has 0 radical (unpaired) electrons. The van der Waals surface area contributed by atoms with Crippen molar-refractivity contribution in [2.45, 2.75) is 76.0 Å². The number of fused-ring (bicyclic) bond motifs is 1. The van der Waals surface area contributed by atoms with Crippen molar-refractivity contribution < 1.29 is 4.79 Å². The average Bonchev–Trinajstić information content (AvgIpc) is 3.05. The molecule has 3 N–H and O–H groups in total. The van der Waals surface area contributed by atoms with Gasteiger partial charge in [0.25, 0.3) is 0 Å². The first kappa shape index (κ1) is 15.6. The number of rotatable bonds is 3. The van der Waals surface area contributed by atoms with Gasteiger partial charge in [0, 0.05) is 17.8 Å². The number of hydrogen-bond donors (Lipinski definition) is 3. The van der Waals surface area contributed by atoms with E-state index in [4.69, 9.17) is 0 Å². The highest BCUT2D eigenvalue weighted by Gasteiger charge is 2.41. The summed E-state index contributed by atoms with van der Waals surface area (Å²) < 4.78 is 0. The zero-order chi connectivity index (χ0) is 15.0. The summed E-state index contributed by atoms with van der Waals surface area (Å²) in [5.74, 6) is 2.76. The molecular formula is C16H29N3OS. The van der Waals surface area contributed by atoms with Crippen molar-refractivity contribution in [2.75, 3.05) is 5.75 Å². The molecule has 1 saturated carbocycles. The number of amides is 1. The fourth-order valence-electron chi connectivity index (χ4n) is 4.19. The summed E-state index contributed by atoms with van der Waals surface area (Å²) in [6.07, 6.45) is 4.95. The Bertz CT molecular complexity index is 392. The van der Waals surface area contributed by atoms with Gasteiger partial charge >= 0.3 is 0 Å². The summed E-state index contributed by atoms with van der Waals surface area (Å²) in [6, 6.07) is 1.32. The van der Waals surface area contributed by atoms with Crippen LogP contribution in [0.3, 0.4) is 0 Å². The normalized spacial score (nSPS) is 44.3. The highest BCUT2D eigenvalue weighted by Crippen LogP contribution is 2.36. The molecule has 1 amide bonds. The molecule has 1 aliphatic carbocycles. The fraction of sp³-hybridized carbons (Fsp3) is 0.938. The van der Waals surface area contributed by atoms with E-state index in [0.29, 0.717) is 29.3 Å². The van der Waals surface area contributed by atoms with Gasteiger partial charge in [-0.25, -0.2) is 0 Å². The van der Waals surface area contributed by atoms with E-state index in [1.54, 1.807) is 0 Å². The lowest BCUT2D eigenvalue weighted by atomic mass is 9.78. The van der Waals surface area contributed by atoms with Gasteiger partial charge in [-0.15, -0.1) is 11.8 Å². The van der Waals surface area contributed by atoms with Crippen molar-refractivity contribution in [3.05, 3.63) is 0 Å². The van der Waals surface area contributed by atoms with E-state index >= 15 is 0 Å². The Kier molecular flexibility index (Phi) is 4.81. The number of hydrogen-bond acceptors (Lipinski definition) is 4. The lowest BCUT2D eigenvalue weighted by Gasteiger charge is -2.31. The molecule has 2 heterocycles. The first-order valence-electron chi connectivity index (χ1n) is 8.48. The predicted molar refractivity (Wildman–Crippen MR) is 88.3 cm³/mol. The second kappa shape index (κ2) is 6.47. The van der Waals surface area contributed by atoms with Crippen LogP contribution < -0.4 is 16.0 Å². The number of carbonyl (C=O) groups is 1. The van der Waals surface area contributed by atoms with Gasteiger partial charge in [0.2, 0.25) is 5.91 Å². The second-order valence-electron chi connectivity index (χ2n) is 7.27. The van der Waals surface area contributed by atoms with Crippen LogP contribution in [0.15, 0.2) is 0 Å². The highest BCUT2D eigenvalue weighted by atomic mass is 32.2. The minimum absolute atomic E-state index is 0.0202. The van der Waals surface area contributed by atoms with E-state index in [9.17, 15) is 4.79 Å². The molecule has 3 aliphatic rings. The molecule has 4 nitrogen and oxygen atoms in total. The number of carbonyl (C=O) groups excluding carboxylic acids is 1. The van der Waals surface area contributed by atoms with Crippen LogP contribution in [0.4, 0.5) is 0 Å². The number of nitrogens with one attached hydrogen (secondary N) is 3. The van der Waals surface area contributed by atoms with E-state index in [0.717, 1.165) is 12.2 Å². The van der Waals surface area contributed by atoms with E-state index < -0.39 is 0 Å². The average molecular weight is 311 g/mol. The Morgan fingerprint density at radius 2 is 2.10 bits per heavy atom. The van der Waals surface area contributed by atoms with Gasteiger partial charge in [0.05, 0.1) is 17.5 Å². The minimum atomic E-state index is 0.0202. The second-order valence-corrected chi connectivity index (χ2v) is 8.44. The third kappa shape index (κ3) is 3.40. The maximum atomic E-state index is 12.5. The van der Waals surface area contributed by atoms with Crippen LogP contribution in [0.5, 0.6) is 0 Å². The van der Waals surface area contributed by atoms with E-state index in [2.05, 4.69) is 36.7 Å². The zero-order valence-corrected chi connectivity index (χ0v) is 14.2. The molecule has 5 heteroatoms. The van der Waals surface area contributed by atoms with Gasteiger partial charge in [0.1, 0.15) is 0 Å². The van der Waals surface area contributed by atoms with Crippen molar-refractivity contribution in [1.29, 1.82) is 0 Å². The van der Waals surface area contributed by atoms with Crippen LogP contribution in [0, 0.1) is 11.8 Å². The van der Waals surface area contributed by atoms with Crippen LogP contribution in [0.2, 0.25) is 0 Å². The van der Waals surface area contributed by atoms with Gasteiger partial charge in [0.15, 0.2) is 0 Å². The summed E-state index contributed by atoms with van der Waals surface area (Å²) in [6.45, 7) is 6.64. The van der Waals surface area contributed by atoms with Gasteiger partial charge in [-0.1, -0.05) is 13.3 Å². The van der Waals surface area contributed by atoms with Crippen molar-refractivity contribution in [3.8, 4) is 0 Å². The molecular weight excluding hydrogens is 282 g/mol. The molecule has 3 rings (SSSR count). The molecule has 2 saturated heterocycles. The summed E-state index contributed by atoms with van der Waals surface area (Å²) in [4.78, 5) is 12.5. The molecule has 3 fully saturated rings. The first-order valence-corrected chi connectivity index (χ1v) is 9.53. The minimum Gasteiger partial charge on any atom is -0.350 e. The Balaban J connectivity index is 1.52. The van der Waals surface area contributed by atoms with Gasteiger partial charge < -0.3 is 16.0 Å². The predicted octanol–water partition coefficient (Wildman–Crippen LogP) is 1.71. The lowest BCUT2D eigenvalue weighted by Crippen LogP contribution is -2.51. The van der Waals surface area contributed by atoms with Crippen molar-refractivity contribution >= 4 is 17.7 Å². The summed E-state index contributed by atoms with van der Waals surface area (Å²) in [7, 11) is 0. The van der Waals surface area contributed by atoms with E-state index in [1.807, 2.05) is 11.8 Å². The first-order chi connectivity index (χ1) is 10.0. The third-order valence-corrected chi connectivity index (χ3v) is 7.00. The maximum Gasteiger partial charge on any atom is 0.237 e. The molecule has 0 aromatic heterocycles. The summed E-state index contributed by atoms with van der Waals surface area (Å²) in [5, 5.41) is 10.7. The quantitative estimate of drug-likeness (QED) is 0.743. The van der Waals surface area contributed by atoms with Gasteiger partial charge in [-0.05, 0) is 44.9 Å². The van der Waals surface area contributed by atoms with E-state index in [1.165, 1.54) is 19.3 Å². The Hall–Kier alpha value is -0.260. The Morgan fingerprint density at radius 1 is 1.29 bits per heavy atom. The Labute approximate surface area is 132 Å². The molecule has 0 aromatic carbocycles. The zero-order valence-electron chi connectivity index (χ0n) is 13.4. The van der Waals surface area contributed by atoms with Crippen molar-refractivity contribution in [3.63, 3.8) is 0 Å². The van der Waals surface area contributed by atoms with Crippen LogP contribution >= 0.6 is 11.8 Å². The number of thioether (sulfide) groups is 1. The monoisotopic (exact) mass is 311 g/mol. The summed E-state index contributed by atoms with van der Waals surface area (Å²) >= 11 is 1.92. The third-order valence-electron chi connectivity index (χ3n) is 5.40. The molecule has 0 spiro atoms. The van der Waals surface area contributed by atoms with Crippen molar-refractivity contribution in [2.24, 2.45) is 11.8 Å². The molecule has 0 aromatic rings. The molecule has 7 atom stereocenters. The highest BCUT2D eigenvalue weighted by molar-refractivity contribution is 8.00. The molecule has 2 aliphatic heterocycles. The van der Waals surface area contributed by atoms with Crippen LogP contribution in [0.25, 0.3) is 0 Å². The van der Waals surface area contributed by atoms with E-state index in [-0.39, 0.29) is 18.0 Å². The molecule has 21 heavy (non-hydrogen) atoms. The van der Waals surface area contributed by atoms with Crippen molar-refractivity contribution in [1.82, 2.24) is 16.0 Å². The molecule has 120 valence electrons.